The molecule has 0 spiro atoms. The quantitative estimate of drug-likeness (QED) is 0.559. The summed E-state index contributed by atoms with van der Waals surface area (Å²) < 4.78 is 43.5. The number of ether oxygens (including phenoxy) is 1. The van der Waals surface area contributed by atoms with E-state index in [1.165, 1.54) is 12.1 Å². The Morgan fingerprint density at radius 1 is 0.933 bits per heavy atom. The first-order valence-electron chi connectivity index (χ1n) is 9.25. The first kappa shape index (κ1) is 21.2. The summed E-state index contributed by atoms with van der Waals surface area (Å²) in [5.74, 6) is 0.272. The predicted molar refractivity (Wildman–Crippen MR) is 111 cm³/mol. The Balaban J connectivity index is 1.62. The van der Waals surface area contributed by atoms with Crippen molar-refractivity contribution in [1.82, 2.24) is 0 Å². The fourth-order valence-electron chi connectivity index (χ4n) is 2.94. The minimum absolute atomic E-state index is 0.179. The van der Waals surface area contributed by atoms with Crippen molar-refractivity contribution in [2.75, 3.05) is 6.61 Å². The highest BCUT2D eigenvalue weighted by molar-refractivity contribution is 5.77. The average Bonchev–Trinajstić information content (AvgIpc) is 2.71. The number of amides is 1. The Hall–Kier alpha value is -3.54. The zero-order valence-electron chi connectivity index (χ0n) is 16.0. The number of halogens is 3. The summed E-state index contributed by atoms with van der Waals surface area (Å²) in [5.41, 5.74) is 7.96. The molecule has 3 rings (SSSR count). The van der Waals surface area contributed by atoms with Crippen LogP contribution in [0, 0.1) is 0 Å². The molecule has 0 fully saturated rings. The summed E-state index contributed by atoms with van der Waals surface area (Å²) in [6, 6.07) is 20.0. The van der Waals surface area contributed by atoms with Gasteiger partial charge >= 0.3 is 6.18 Å². The number of hydrogen-bond donors (Lipinski definition) is 1. The molecule has 0 saturated heterocycles. The molecule has 0 aliphatic heterocycles. The monoisotopic (exact) mass is 411 g/mol. The van der Waals surface area contributed by atoms with E-state index in [0.29, 0.717) is 11.3 Å². The van der Waals surface area contributed by atoms with Crippen LogP contribution < -0.4 is 10.5 Å². The summed E-state index contributed by atoms with van der Waals surface area (Å²) in [6.07, 6.45) is -0.714. The van der Waals surface area contributed by atoms with E-state index in [1.54, 1.807) is 12.2 Å². The number of primary amides is 1. The highest BCUT2D eigenvalue weighted by Gasteiger charge is 2.29. The fraction of sp³-hybridized carbons (Fsp3) is 0.125. The van der Waals surface area contributed by atoms with Crippen LogP contribution >= 0.6 is 0 Å². The zero-order valence-corrected chi connectivity index (χ0v) is 16.0. The second kappa shape index (κ2) is 9.31. The van der Waals surface area contributed by atoms with E-state index < -0.39 is 11.7 Å². The highest BCUT2D eigenvalue weighted by Crippen LogP contribution is 2.29. The SMILES string of the molecule is NC(=O)Cc1cccc(-c2cccc(OCC=Cc3ccc(C(F)(F)F)cc3)c2)c1. The van der Waals surface area contributed by atoms with Crippen molar-refractivity contribution in [2.24, 2.45) is 5.73 Å². The van der Waals surface area contributed by atoms with Gasteiger partial charge < -0.3 is 10.5 Å². The van der Waals surface area contributed by atoms with Gasteiger partial charge in [-0.2, -0.15) is 13.2 Å². The van der Waals surface area contributed by atoms with Gasteiger partial charge in [-0.1, -0.05) is 54.6 Å². The van der Waals surface area contributed by atoms with Crippen molar-refractivity contribution >= 4 is 12.0 Å². The van der Waals surface area contributed by atoms with E-state index in [0.717, 1.165) is 28.8 Å². The van der Waals surface area contributed by atoms with Gasteiger partial charge in [0.2, 0.25) is 5.91 Å². The van der Waals surface area contributed by atoms with Crippen LogP contribution in [0.4, 0.5) is 13.2 Å². The maximum absolute atomic E-state index is 12.6. The maximum atomic E-state index is 12.6. The fourth-order valence-corrected chi connectivity index (χ4v) is 2.94. The predicted octanol–water partition coefficient (Wildman–Crippen LogP) is 5.49. The number of alkyl halides is 3. The molecule has 0 aromatic heterocycles. The van der Waals surface area contributed by atoms with Gasteiger partial charge in [0.25, 0.3) is 0 Å². The zero-order chi connectivity index (χ0) is 21.6. The van der Waals surface area contributed by atoms with Crippen molar-refractivity contribution in [3.8, 4) is 16.9 Å². The van der Waals surface area contributed by atoms with Crippen LogP contribution in [-0.4, -0.2) is 12.5 Å². The van der Waals surface area contributed by atoms with Gasteiger partial charge in [-0.25, -0.2) is 0 Å². The van der Waals surface area contributed by atoms with Gasteiger partial charge in [0, 0.05) is 0 Å². The molecule has 0 unspecified atom stereocenters. The van der Waals surface area contributed by atoms with Gasteiger partial charge in [0.1, 0.15) is 12.4 Å². The highest BCUT2D eigenvalue weighted by atomic mass is 19.4. The Kier molecular flexibility index (Phi) is 6.57. The van der Waals surface area contributed by atoms with Crippen molar-refractivity contribution < 1.29 is 22.7 Å². The Morgan fingerprint density at radius 2 is 1.60 bits per heavy atom. The standard InChI is InChI=1S/C24H20F3NO2/c25-24(26,27)21-11-9-17(10-12-21)5-3-13-30-22-8-2-7-20(16-22)19-6-1-4-18(14-19)15-23(28)29/h1-12,14,16H,13,15H2,(H2,28,29). The smallest absolute Gasteiger partial charge is 0.416 e. The van der Waals surface area contributed by atoms with E-state index in [2.05, 4.69) is 0 Å². The van der Waals surface area contributed by atoms with Gasteiger partial charge in [-0.15, -0.1) is 0 Å². The van der Waals surface area contributed by atoms with Crippen LogP contribution in [0.25, 0.3) is 17.2 Å². The molecule has 30 heavy (non-hydrogen) atoms. The lowest BCUT2D eigenvalue weighted by Gasteiger charge is -2.08. The summed E-state index contributed by atoms with van der Waals surface area (Å²) in [5, 5.41) is 0. The molecule has 0 heterocycles. The second-order valence-electron chi connectivity index (χ2n) is 6.70. The number of nitrogens with two attached hydrogens (primary N) is 1. The van der Waals surface area contributed by atoms with Gasteiger partial charge in [0.05, 0.1) is 12.0 Å². The molecule has 154 valence electrons. The number of rotatable bonds is 7. The van der Waals surface area contributed by atoms with E-state index in [1.807, 2.05) is 48.5 Å². The topological polar surface area (TPSA) is 52.3 Å². The summed E-state index contributed by atoms with van der Waals surface area (Å²) in [6.45, 7) is 0.270. The van der Waals surface area contributed by atoms with E-state index in [4.69, 9.17) is 10.5 Å². The number of benzene rings is 3. The number of carbonyl (C=O) groups excluding carboxylic acids is 1. The molecule has 0 aliphatic carbocycles. The first-order chi connectivity index (χ1) is 14.3. The number of hydrogen-bond acceptors (Lipinski definition) is 2. The van der Waals surface area contributed by atoms with Crippen molar-refractivity contribution in [1.29, 1.82) is 0 Å². The van der Waals surface area contributed by atoms with Gasteiger partial charge in [0.15, 0.2) is 0 Å². The van der Waals surface area contributed by atoms with E-state index in [-0.39, 0.29) is 18.9 Å². The Labute approximate surface area is 172 Å². The van der Waals surface area contributed by atoms with Crippen molar-refractivity contribution in [3.63, 3.8) is 0 Å². The molecule has 2 N–H and O–H groups in total. The third kappa shape index (κ3) is 5.98. The molecule has 3 aromatic rings. The largest absolute Gasteiger partial charge is 0.490 e. The molecule has 3 aromatic carbocycles. The van der Waals surface area contributed by atoms with Crippen LogP contribution in [0.15, 0.2) is 78.9 Å². The maximum Gasteiger partial charge on any atom is 0.416 e. The molecule has 0 atom stereocenters. The van der Waals surface area contributed by atoms with E-state index in [9.17, 15) is 18.0 Å². The summed E-state index contributed by atoms with van der Waals surface area (Å²) in [7, 11) is 0. The Morgan fingerprint density at radius 3 is 2.27 bits per heavy atom. The molecule has 0 radical (unpaired) electrons. The van der Waals surface area contributed by atoms with Gasteiger partial charge in [-0.3, -0.25) is 4.79 Å². The average molecular weight is 411 g/mol. The lowest BCUT2D eigenvalue weighted by Crippen LogP contribution is -2.13. The normalized spacial score (nSPS) is 11.6. The summed E-state index contributed by atoms with van der Waals surface area (Å²) >= 11 is 0. The van der Waals surface area contributed by atoms with Crippen LogP contribution in [0.1, 0.15) is 16.7 Å². The summed E-state index contributed by atoms with van der Waals surface area (Å²) in [4.78, 5) is 11.1. The van der Waals surface area contributed by atoms with Crippen LogP contribution in [0.2, 0.25) is 0 Å². The Bertz CT molecular complexity index is 1040. The second-order valence-corrected chi connectivity index (χ2v) is 6.70. The lowest BCUT2D eigenvalue weighted by molar-refractivity contribution is -0.137. The van der Waals surface area contributed by atoms with Crippen LogP contribution in [0.5, 0.6) is 5.75 Å². The minimum Gasteiger partial charge on any atom is -0.490 e. The van der Waals surface area contributed by atoms with Crippen molar-refractivity contribution in [3.05, 3.63) is 95.6 Å². The number of carbonyl (C=O) groups is 1. The lowest BCUT2D eigenvalue weighted by atomic mass is 10.0. The molecule has 3 nitrogen and oxygen atoms in total. The van der Waals surface area contributed by atoms with E-state index >= 15 is 0 Å². The molecule has 0 bridgehead atoms. The molecule has 6 heteroatoms. The molecule has 0 saturated carbocycles. The van der Waals surface area contributed by atoms with Crippen LogP contribution in [0.3, 0.4) is 0 Å². The molecule has 1 amide bonds. The first-order valence-corrected chi connectivity index (χ1v) is 9.25. The molecule has 0 aliphatic rings. The third-order valence-electron chi connectivity index (χ3n) is 4.37. The van der Waals surface area contributed by atoms with Crippen LogP contribution in [-0.2, 0) is 17.4 Å². The third-order valence-corrected chi connectivity index (χ3v) is 4.37. The van der Waals surface area contributed by atoms with Gasteiger partial charge in [-0.05, 0) is 52.6 Å². The van der Waals surface area contributed by atoms with Crippen molar-refractivity contribution in [2.45, 2.75) is 12.6 Å². The molecular weight excluding hydrogens is 391 g/mol. The molecular formula is C24H20F3NO2. The minimum atomic E-state index is -4.34.